The monoisotopic (exact) mass is 210 g/mol. The van der Waals surface area contributed by atoms with Gasteiger partial charge in [0.1, 0.15) is 0 Å². The van der Waals surface area contributed by atoms with Gasteiger partial charge < -0.3 is 5.32 Å². The molecule has 1 heterocycles. The van der Waals surface area contributed by atoms with Gasteiger partial charge in [-0.2, -0.15) is 0 Å². The summed E-state index contributed by atoms with van der Waals surface area (Å²) < 4.78 is 0. The molecule has 2 nitrogen and oxygen atoms in total. The van der Waals surface area contributed by atoms with Crippen molar-refractivity contribution in [2.75, 3.05) is 26.2 Å². The van der Waals surface area contributed by atoms with Gasteiger partial charge in [0.05, 0.1) is 0 Å². The van der Waals surface area contributed by atoms with Crippen LogP contribution in [-0.4, -0.2) is 37.1 Å². The van der Waals surface area contributed by atoms with Crippen LogP contribution in [0.2, 0.25) is 0 Å². The van der Waals surface area contributed by atoms with Crippen molar-refractivity contribution in [2.24, 2.45) is 11.8 Å². The van der Waals surface area contributed by atoms with Crippen LogP contribution in [0.5, 0.6) is 0 Å². The highest BCUT2D eigenvalue weighted by Gasteiger charge is 2.24. The molecule has 0 bridgehead atoms. The Balaban J connectivity index is 1.75. The van der Waals surface area contributed by atoms with E-state index in [1.54, 1.807) is 0 Å². The fourth-order valence-corrected chi connectivity index (χ4v) is 3.00. The molecular weight excluding hydrogens is 184 g/mol. The van der Waals surface area contributed by atoms with Crippen LogP contribution in [0.4, 0.5) is 0 Å². The molecule has 2 rings (SSSR count). The molecule has 88 valence electrons. The molecule has 1 saturated heterocycles. The minimum atomic E-state index is 0.748. The summed E-state index contributed by atoms with van der Waals surface area (Å²) in [6, 6.07) is 0.748. The number of nitrogens with one attached hydrogen (secondary N) is 1. The van der Waals surface area contributed by atoms with Crippen molar-refractivity contribution in [3.63, 3.8) is 0 Å². The first-order valence-electron chi connectivity index (χ1n) is 6.70. The molecule has 0 radical (unpaired) electrons. The van der Waals surface area contributed by atoms with Crippen molar-refractivity contribution in [2.45, 2.75) is 45.6 Å². The molecule has 0 aromatic heterocycles. The Morgan fingerprint density at radius 3 is 2.53 bits per heavy atom. The number of hydrogen-bond donors (Lipinski definition) is 1. The summed E-state index contributed by atoms with van der Waals surface area (Å²) in [4.78, 5) is 2.69. The SMILES string of the molecule is CC1CCC(CN2CCNCC2C)CC1. The fourth-order valence-electron chi connectivity index (χ4n) is 3.00. The van der Waals surface area contributed by atoms with Crippen molar-refractivity contribution < 1.29 is 0 Å². The summed E-state index contributed by atoms with van der Waals surface area (Å²) in [5.41, 5.74) is 0. The molecule has 2 heteroatoms. The van der Waals surface area contributed by atoms with E-state index >= 15 is 0 Å². The number of piperazine rings is 1. The van der Waals surface area contributed by atoms with Crippen LogP contribution < -0.4 is 5.32 Å². The van der Waals surface area contributed by atoms with E-state index in [0.717, 1.165) is 17.9 Å². The lowest BCUT2D eigenvalue weighted by Crippen LogP contribution is -2.51. The Labute approximate surface area is 94.4 Å². The van der Waals surface area contributed by atoms with Crippen molar-refractivity contribution in [1.82, 2.24) is 10.2 Å². The first-order chi connectivity index (χ1) is 7.25. The molecule has 1 saturated carbocycles. The molecule has 1 atom stereocenters. The highest BCUT2D eigenvalue weighted by molar-refractivity contribution is 4.80. The maximum atomic E-state index is 3.47. The van der Waals surface area contributed by atoms with E-state index in [4.69, 9.17) is 0 Å². The van der Waals surface area contributed by atoms with Crippen LogP contribution in [-0.2, 0) is 0 Å². The zero-order valence-electron chi connectivity index (χ0n) is 10.3. The molecule has 2 aliphatic rings. The summed E-state index contributed by atoms with van der Waals surface area (Å²) in [6.07, 6.45) is 5.87. The van der Waals surface area contributed by atoms with Gasteiger partial charge >= 0.3 is 0 Å². The Kier molecular flexibility index (Phi) is 4.04. The number of hydrogen-bond acceptors (Lipinski definition) is 2. The van der Waals surface area contributed by atoms with E-state index in [1.807, 2.05) is 0 Å². The second-order valence-corrected chi connectivity index (χ2v) is 5.67. The first-order valence-corrected chi connectivity index (χ1v) is 6.70. The Morgan fingerprint density at radius 2 is 1.87 bits per heavy atom. The third-order valence-corrected chi connectivity index (χ3v) is 4.27. The van der Waals surface area contributed by atoms with Crippen molar-refractivity contribution in [1.29, 1.82) is 0 Å². The molecule has 2 fully saturated rings. The second-order valence-electron chi connectivity index (χ2n) is 5.67. The van der Waals surface area contributed by atoms with Crippen LogP contribution in [0.1, 0.15) is 39.5 Å². The third-order valence-electron chi connectivity index (χ3n) is 4.27. The van der Waals surface area contributed by atoms with Crippen LogP contribution in [0, 0.1) is 11.8 Å². The molecule has 1 unspecified atom stereocenters. The van der Waals surface area contributed by atoms with E-state index in [9.17, 15) is 0 Å². The molecule has 0 aromatic rings. The third kappa shape index (κ3) is 3.18. The maximum Gasteiger partial charge on any atom is 0.0193 e. The van der Waals surface area contributed by atoms with Gasteiger partial charge in [0, 0.05) is 32.2 Å². The molecule has 15 heavy (non-hydrogen) atoms. The predicted molar refractivity (Wildman–Crippen MR) is 65.0 cm³/mol. The topological polar surface area (TPSA) is 15.3 Å². The maximum absolute atomic E-state index is 3.47. The highest BCUT2D eigenvalue weighted by Crippen LogP contribution is 2.29. The lowest BCUT2D eigenvalue weighted by atomic mass is 9.82. The normalized spacial score (nSPS) is 39.2. The molecule has 1 aliphatic heterocycles. The van der Waals surface area contributed by atoms with E-state index in [-0.39, 0.29) is 0 Å². The molecule has 1 aliphatic carbocycles. The van der Waals surface area contributed by atoms with Crippen LogP contribution in [0.15, 0.2) is 0 Å². The molecule has 0 amide bonds. The van der Waals surface area contributed by atoms with Gasteiger partial charge in [0.15, 0.2) is 0 Å². The summed E-state index contributed by atoms with van der Waals surface area (Å²) in [6.45, 7) is 9.75. The van der Waals surface area contributed by atoms with E-state index in [0.29, 0.717) is 0 Å². The average molecular weight is 210 g/mol. The second kappa shape index (κ2) is 5.31. The van der Waals surface area contributed by atoms with Crippen LogP contribution in [0.3, 0.4) is 0 Å². The zero-order chi connectivity index (χ0) is 10.7. The minimum Gasteiger partial charge on any atom is -0.314 e. The molecule has 0 spiro atoms. The Morgan fingerprint density at radius 1 is 1.13 bits per heavy atom. The molecule has 1 N–H and O–H groups in total. The quantitative estimate of drug-likeness (QED) is 0.751. The number of rotatable bonds is 2. The van der Waals surface area contributed by atoms with Crippen molar-refractivity contribution >= 4 is 0 Å². The summed E-state index contributed by atoms with van der Waals surface area (Å²) in [5.74, 6) is 1.98. The average Bonchev–Trinajstić information content (AvgIpc) is 2.25. The predicted octanol–water partition coefficient (Wildman–Crippen LogP) is 2.11. The van der Waals surface area contributed by atoms with Gasteiger partial charge in [-0.05, 0) is 31.6 Å². The van der Waals surface area contributed by atoms with Gasteiger partial charge in [-0.1, -0.05) is 19.8 Å². The molecule has 0 aromatic carbocycles. The minimum absolute atomic E-state index is 0.748. The Bertz CT molecular complexity index is 185. The van der Waals surface area contributed by atoms with E-state index in [2.05, 4.69) is 24.1 Å². The van der Waals surface area contributed by atoms with Crippen molar-refractivity contribution in [3.8, 4) is 0 Å². The lowest BCUT2D eigenvalue weighted by molar-refractivity contribution is 0.126. The zero-order valence-corrected chi connectivity index (χ0v) is 10.3. The van der Waals surface area contributed by atoms with Gasteiger partial charge in [-0.15, -0.1) is 0 Å². The van der Waals surface area contributed by atoms with Gasteiger partial charge in [-0.3, -0.25) is 4.90 Å². The Hall–Kier alpha value is -0.0800. The standard InChI is InChI=1S/C13H26N2/c1-11-3-5-13(6-4-11)10-15-8-7-14-9-12(15)2/h11-14H,3-10H2,1-2H3. The molecular formula is C13H26N2. The van der Waals surface area contributed by atoms with E-state index in [1.165, 1.54) is 51.9 Å². The first kappa shape index (κ1) is 11.4. The van der Waals surface area contributed by atoms with Gasteiger partial charge in [0.2, 0.25) is 0 Å². The largest absolute Gasteiger partial charge is 0.314 e. The van der Waals surface area contributed by atoms with Crippen LogP contribution >= 0.6 is 0 Å². The number of nitrogens with zero attached hydrogens (tertiary/aromatic N) is 1. The summed E-state index contributed by atoms with van der Waals surface area (Å²) >= 11 is 0. The fraction of sp³-hybridized carbons (Fsp3) is 1.00. The lowest BCUT2D eigenvalue weighted by Gasteiger charge is -2.38. The summed E-state index contributed by atoms with van der Waals surface area (Å²) in [5, 5.41) is 3.47. The van der Waals surface area contributed by atoms with E-state index < -0.39 is 0 Å². The summed E-state index contributed by atoms with van der Waals surface area (Å²) in [7, 11) is 0. The van der Waals surface area contributed by atoms with Gasteiger partial charge in [0.25, 0.3) is 0 Å². The highest BCUT2D eigenvalue weighted by atomic mass is 15.2. The smallest absolute Gasteiger partial charge is 0.0193 e. The van der Waals surface area contributed by atoms with Crippen LogP contribution in [0.25, 0.3) is 0 Å². The van der Waals surface area contributed by atoms with Gasteiger partial charge in [-0.25, -0.2) is 0 Å². The van der Waals surface area contributed by atoms with Crippen molar-refractivity contribution in [3.05, 3.63) is 0 Å².